The number of benzene rings is 2. The summed E-state index contributed by atoms with van der Waals surface area (Å²) in [4.78, 5) is 0. The second kappa shape index (κ2) is 12.2. The number of azo groups is 1. The van der Waals surface area contributed by atoms with Gasteiger partial charge in [-0.25, -0.2) is 0 Å². The van der Waals surface area contributed by atoms with E-state index in [2.05, 4.69) is 51.8 Å². The quantitative estimate of drug-likeness (QED) is 0.262. The van der Waals surface area contributed by atoms with Crippen LogP contribution in [0.5, 0.6) is 5.75 Å². The molecule has 3 rings (SSSR count). The number of aliphatic hydroxyl groups excluding tert-OH is 1. The first-order chi connectivity index (χ1) is 17.8. The smallest absolute Gasteiger partial charge is 0.188 e. The Balaban J connectivity index is 1.74. The first kappa shape index (κ1) is 30.2. The molecule has 5 atom stereocenters. The molecule has 1 fully saturated rings. The fraction of sp³-hybridized carbons (Fsp3) is 0.613. The Morgan fingerprint density at radius 1 is 0.947 bits per heavy atom. The lowest BCUT2D eigenvalue weighted by molar-refractivity contribution is -0.260. The van der Waals surface area contributed by atoms with Crippen molar-refractivity contribution in [2.45, 2.75) is 98.2 Å². The zero-order chi connectivity index (χ0) is 28.1. The zero-order valence-corrected chi connectivity index (χ0v) is 24.1. The standard InChI is InChI=1S/C31H47N3O4/c1-21-19-27(22(2)29(3,4)15-16-31(7,32)30(5,6)17-18-35)38-28(37-21)25-20-24(13-14-26(25)36)34-33-23-11-9-8-10-12-23/h8-14,20-22,27-28,35-36H,15-19,32H2,1-7H3/b34-33+. The van der Waals surface area contributed by atoms with Crippen LogP contribution in [0.2, 0.25) is 0 Å². The van der Waals surface area contributed by atoms with Crippen molar-refractivity contribution >= 4 is 11.4 Å². The molecule has 0 bridgehead atoms. The normalized spacial score (nSPS) is 23.3. The average molecular weight is 526 g/mol. The molecular weight excluding hydrogens is 478 g/mol. The second-order valence-corrected chi connectivity index (χ2v) is 12.5. The fourth-order valence-electron chi connectivity index (χ4n) is 4.93. The molecule has 7 nitrogen and oxygen atoms in total. The summed E-state index contributed by atoms with van der Waals surface area (Å²) in [6.07, 6.45) is 2.43. The average Bonchev–Trinajstić information content (AvgIpc) is 2.86. The lowest BCUT2D eigenvalue weighted by Crippen LogP contribution is -2.51. The summed E-state index contributed by atoms with van der Waals surface area (Å²) in [5.74, 6) is 0.328. The third-order valence-corrected chi connectivity index (χ3v) is 8.88. The van der Waals surface area contributed by atoms with E-state index in [1.807, 2.05) is 37.3 Å². The Labute approximate surface area is 228 Å². The van der Waals surface area contributed by atoms with Gasteiger partial charge in [0.05, 0.1) is 29.1 Å². The third kappa shape index (κ3) is 7.41. The zero-order valence-electron chi connectivity index (χ0n) is 24.1. The molecule has 1 aliphatic rings. The fourth-order valence-corrected chi connectivity index (χ4v) is 4.93. The van der Waals surface area contributed by atoms with Crippen LogP contribution in [-0.4, -0.2) is 34.6 Å². The number of phenols is 1. The Morgan fingerprint density at radius 2 is 1.61 bits per heavy atom. The molecule has 0 radical (unpaired) electrons. The summed E-state index contributed by atoms with van der Waals surface area (Å²) in [7, 11) is 0. The molecule has 0 aliphatic carbocycles. The molecule has 2 aromatic rings. The van der Waals surface area contributed by atoms with E-state index in [0.29, 0.717) is 17.7 Å². The summed E-state index contributed by atoms with van der Waals surface area (Å²) < 4.78 is 12.7. The van der Waals surface area contributed by atoms with Gasteiger partial charge in [-0.05, 0) is 80.2 Å². The highest BCUT2D eigenvalue weighted by atomic mass is 16.7. The van der Waals surface area contributed by atoms with Gasteiger partial charge in [-0.1, -0.05) is 52.8 Å². The lowest BCUT2D eigenvalue weighted by Gasteiger charge is -2.46. The summed E-state index contributed by atoms with van der Waals surface area (Å²) in [5.41, 5.74) is 8.08. The van der Waals surface area contributed by atoms with Gasteiger partial charge in [0, 0.05) is 18.6 Å². The van der Waals surface area contributed by atoms with Crippen LogP contribution in [0.4, 0.5) is 11.4 Å². The van der Waals surface area contributed by atoms with Gasteiger partial charge in [0.15, 0.2) is 6.29 Å². The van der Waals surface area contributed by atoms with E-state index in [1.54, 1.807) is 18.2 Å². The van der Waals surface area contributed by atoms with Gasteiger partial charge in [-0.15, -0.1) is 0 Å². The van der Waals surface area contributed by atoms with Crippen molar-refractivity contribution in [1.82, 2.24) is 0 Å². The molecule has 2 aromatic carbocycles. The Kier molecular flexibility index (Phi) is 9.74. The van der Waals surface area contributed by atoms with E-state index in [4.69, 9.17) is 15.2 Å². The number of nitrogens with zero attached hydrogens (tertiary/aromatic N) is 2. The van der Waals surface area contributed by atoms with E-state index in [9.17, 15) is 10.2 Å². The maximum absolute atomic E-state index is 10.7. The van der Waals surface area contributed by atoms with E-state index in [-0.39, 0.29) is 41.3 Å². The minimum Gasteiger partial charge on any atom is -0.507 e. The van der Waals surface area contributed by atoms with Crippen molar-refractivity contribution in [3.63, 3.8) is 0 Å². The molecule has 4 N–H and O–H groups in total. The maximum Gasteiger partial charge on any atom is 0.188 e. The predicted molar refractivity (Wildman–Crippen MR) is 152 cm³/mol. The topological polar surface area (TPSA) is 110 Å². The molecule has 210 valence electrons. The second-order valence-electron chi connectivity index (χ2n) is 12.5. The first-order valence-corrected chi connectivity index (χ1v) is 13.8. The van der Waals surface area contributed by atoms with E-state index < -0.39 is 11.8 Å². The Hall–Kier alpha value is -2.32. The third-order valence-electron chi connectivity index (χ3n) is 8.88. The largest absolute Gasteiger partial charge is 0.507 e. The summed E-state index contributed by atoms with van der Waals surface area (Å²) in [6, 6.07) is 14.6. The van der Waals surface area contributed by atoms with E-state index in [1.165, 1.54) is 0 Å². The summed E-state index contributed by atoms with van der Waals surface area (Å²) >= 11 is 0. The highest BCUT2D eigenvalue weighted by molar-refractivity contribution is 5.48. The molecular formula is C31H47N3O4. The number of aromatic hydroxyl groups is 1. The molecule has 1 aliphatic heterocycles. The highest BCUT2D eigenvalue weighted by Gasteiger charge is 2.42. The van der Waals surface area contributed by atoms with Crippen molar-refractivity contribution in [1.29, 1.82) is 0 Å². The molecule has 0 amide bonds. The van der Waals surface area contributed by atoms with Crippen molar-refractivity contribution in [2.24, 2.45) is 32.7 Å². The SMILES string of the molecule is CC1CC(C(C)C(C)(C)CCC(C)(N)C(C)(C)CCO)OC(c2cc(/N=N/c3ccccc3)ccc2O)O1. The number of hydrogen-bond donors (Lipinski definition) is 3. The van der Waals surface area contributed by atoms with Crippen molar-refractivity contribution in [3.8, 4) is 5.75 Å². The van der Waals surface area contributed by atoms with Gasteiger partial charge >= 0.3 is 0 Å². The molecule has 1 saturated heterocycles. The molecule has 0 saturated carbocycles. The van der Waals surface area contributed by atoms with Crippen molar-refractivity contribution in [3.05, 3.63) is 54.1 Å². The number of rotatable bonds is 11. The Morgan fingerprint density at radius 3 is 2.26 bits per heavy atom. The Bertz CT molecular complexity index is 1070. The van der Waals surface area contributed by atoms with Crippen LogP contribution in [-0.2, 0) is 9.47 Å². The van der Waals surface area contributed by atoms with Gasteiger partial charge in [0.1, 0.15) is 5.75 Å². The van der Waals surface area contributed by atoms with Crippen LogP contribution < -0.4 is 5.73 Å². The van der Waals surface area contributed by atoms with Crippen LogP contribution in [0.15, 0.2) is 58.8 Å². The number of nitrogens with two attached hydrogens (primary N) is 1. The summed E-state index contributed by atoms with van der Waals surface area (Å²) in [6.45, 7) is 15.3. The minimum atomic E-state index is -0.697. The van der Waals surface area contributed by atoms with Crippen LogP contribution in [0.3, 0.4) is 0 Å². The monoisotopic (exact) mass is 525 g/mol. The number of hydrogen-bond acceptors (Lipinski definition) is 7. The predicted octanol–water partition coefficient (Wildman–Crippen LogP) is 7.57. The molecule has 7 heteroatoms. The highest BCUT2D eigenvalue weighted by Crippen LogP contribution is 2.45. The molecule has 1 heterocycles. The summed E-state index contributed by atoms with van der Waals surface area (Å²) in [5, 5.41) is 28.8. The van der Waals surface area contributed by atoms with E-state index in [0.717, 1.165) is 24.9 Å². The number of phenolic OH excluding ortho intramolecular Hbond substituents is 1. The van der Waals surface area contributed by atoms with Crippen molar-refractivity contribution < 1.29 is 19.7 Å². The molecule has 0 aromatic heterocycles. The first-order valence-electron chi connectivity index (χ1n) is 13.8. The van der Waals surface area contributed by atoms with Gasteiger partial charge in [0.25, 0.3) is 0 Å². The van der Waals surface area contributed by atoms with Gasteiger partial charge in [-0.3, -0.25) is 0 Å². The van der Waals surface area contributed by atoms with E-state index >= 15 is 0 Å². The lowest BCUT2D eigenvalue weighted by atomic mass is 9.65. The molecule has 5 unspecified atom stereocenters. The van der Waals surface area contributed by atoms with Gasteiger partial charge < -0.3 is 25.4 Å². The van der Waals surface area contributed by atoms with Crippen LogP contribution in [0.1, 0.15) is 86.0 Å². The van der Waals surface area contributed by atoms with Crippen molar-refractivity contribution in [2.75, 3.05) is 6.61 Å². The molecule has 0 spiro atoms. The number of aliphatic hydroxyl groups is 1. The number of ether oxygens (including phenoxy) is 2. The van der Waals surface area contributed by atoms with Crippen LogP contribution in [0, 0.1) is 16.7 Å². The van der Waals surface area contributed by atoms with Gasteiger partial charge in [-0.2, -0.15) is 10.2 Å². The molecule has 38 heavy (non-hydrogen) atoms. The van der Waals surface area contributed by atoms with Crippen LogP contribution in [0.25, 0.3) is 0 Å². The maximum atomic E-state index is 10.7. The van der Waals surface area contributed by atoms with Gasteiger partial charge in [0.2, 0.25) is 0 Å². The van der Waals surface area contributed by atoms with Crippen LogP contribution >= 0.6 is 0 Å². The minimum absolute atomic E-state index is 0.0331.